The highest BCUT2D eigenvalue weighted by molar-refractivity contribution is 7.89. The lowest BCUT2D eigenvalue weighted by molar-refractivity contribution is -0.145. The van der Waals surface area contributed by atoms with Crippen molar-refractivity contribution in [3.05, 3.63) is 60.2 Å². The summed E-state index contributed by atoms with van der Waals surface area (Å²) in [6.45, 7) is -0.439. The molecule has 0 unspecified atom stereocenters. The first-order chi connectivity index (χ1) is 15.3. The van der Waals surface area contributed by atoms with Gasteiger partial charge in [-0.15, -0.1) is 0 Å². The van der Waals surface area contributed by atoms with Gasteiger partial charge in [-0.25, -0.2) is 13.2 Å². The Labute approximate surface area is 187 Å². The molecule has 1 saturated carbocycles. The van der Waals surface area contributed by atoms with Crippen LogP contribution < -0.4 is 11.1 Å². The van der Waals surface area contributed by atoms with E-state index in [1.807, 2.05) is 6.07 Å². The number of carboxylic acid groups (broad SMARTS) is 1. The molecule has 2 aromatic rings. The number of anilines is 1. The van der Waals surface area contributed by atoms with Crippen LogP contribution in [-0.2, 0) is 21.3 Å². The fourth-order valence-electron chi connectivity index (χ4n) is 3.74. The van der Waals surface area contributed by atoms with Crippen LogP contribution in [0.5, 0.6) is 0 Å². The van der Waals surface area contributed by atoms with E-state index in [1.165, 1.54) is 18.2 Å². The average molecular weight is 464 g/mol. The third-order valence-electron chi connectivity index (χ3n) is 5.40. The molecule has 2 aromatic carbocycles. The van der Waals surface area contributed by atoms with E-state index < -0.39 is 34.8 Å². The maximum absolute atomic E-state index is 13.3. The van der Waals surface area contributed by atoms with Gasteiger partial charge >= 0.3 is 6.09 Å². The molecule has 32 heavy (non-hydrogen) atoms. The number of hydrogen-bond donors (Lipinski definition) is 4. The summed E-state index contributed by atoms with van der Waals surface area (Å²) in [5, 5.41) is 22.4. The summed E-state index contributed by atoms with van der Waals surface area (Å²) >= 11 is 0. The van der Waals surface area contributed by atoms with E-state index in [0.717, 1.165) is 22.9 Å². The fraction of sp³-hybridized carbons (Fsp3) is 0.409. The highest BCUT2D eigenvalue weighted by Gasteiger charge is 2.34. The highest BCUT2D eigenvalue weighted by Crippen LogP contribution is 2.26. The Balaban J connectivity index is 1.85. The Kier molecular flexibility index (Phi) is 8.08. The third-order valence-corrected chi connectivity index (χ3v) is 7.02. The van der Waals surface area contributed by atoms with Crippen LogP contribution in [0.4, 0.5) is 10.5 Å². The van der Waals surface area contributed by atoms with Crippen LogP contribution in [0.1, 0.15) is 31.2 Å². The first-order valence-electron chi connectivity index (χ1n) is 10.5. The standard InChI is InChI=1S/C22H29N3O6S/c23-17-9-6-12-19(14-17)32(29,30)25(31-18-10-4-5-11-18)15-21(26)20(24-22(27)28)13-16-7-2-1-3-8-16/h1-3,6-9,12,14,18,20-21,24,26H,4-5,10-11,13,15,23H2,(H,27,28)/t20-,21+/m0/s1. The lowest BCUT2D eigenvalue weighted by Crippen LogP contribution is -2.50. The van der Waals surface area contributed by atoms with Gasteiger partial charge in [-0.05, 0) is 43.0 Å². The zero-order chi connectivity index (χ0) is 23.1. The van der Waals surface area contributed by atoms with Crippen LogP contribution in [0, 0.1) is 0 Å². The lowest BCUT2D eigenvalue weighted by Gasteiger charge is -2.30. The van der Waals surface area contributed by atoms with Crippen LogP contribution in [0.15, 0.2) is 59.5 Å². The minimum atomic E-state index is -4.15. The Morgan fingerprint density at radius 2 is 1.84 bits per heavy atom. The van der Waals surface area contributed by atoms with Gasteiger partial charge in [0.15, 0.2) is 0 Å². The average Bonchev–Trinajstić information content (AvgIpc) is 3.26. The van der Waals surface area contributed by atoms with Crippen LogP contribution in [0.3, 0.4) is 0 Å². The van der Waals surface area contributed by atoms with Gasteiger partial charge in [0.05, 0.1) is 29.7 Å². The topological polar surface area (TPSA) is 142 Å². The third kappa shape index (κ3) is 6.42. The molecule has 0 spiro atoms. The van der Waals surface area contributed by atoms with Crippen molar-refractivity contribution in [1.82, 2.24) is 9.79 Å². The fourth-order valence-corrected chi connectivity index (χ4v) is 5.09. The van der Waals surface area contributed by atoms with E-state index in [9.17, 15) is 23.4 Å². The van der Waals surface area contributed by atoms with Gasteiger partial charge < -0.3 is 21.3 Å². The Morgan fingerprint density at radius 1 is 1.16 bits per heavy atom. The zero-order valence-electron chi connectivity index (χ0n) is 17.6. The monoisotopic (exact) mass is 463 g/mol. The molecule has 0 radical (unpaired) electrons. The molecular formula is C22H29N3O6S. The molecule has 0 bridgehead atoms. The predicted molar refractivity (Wildman–Crippen MR) is 119 cm³/mol. The van der Waals surface area contributed by atoms with E-state index in [2.05, 4.69) is 5.32 Å². The Morgan fingerprint density at radius 3 is 2.47 bits per heavy atom. The zero-order valence-corrected chi connectivity index (χ0v) is 18.4. The number of hydrogen-bond acceptors (Lipinski definition) is 6. The molecule has 3 rings (SSSR count). The number of nitrogens with two attached hydrogens (primary N) is 1. The van der Waals surface area contributed by atoms with Crippen molar-refractivity contribution in [3.8, 4) is 0 Å². The molecule has 1 aliphatic carbocycles. The van der Waals surface area contributed by atoms with Crippen LogP contribution >= 0.6 is 0 Å². The summed E-state index contributed by atoms with van der Waals surface area (Å²) in [5.74, 6) is 0. The maximum atomic E-state index is 13.3. The van der Waals surface area contributed by atoms with Gasteiger partial charge in [-0.1, -0.05) is 53.7 Å². The van der Waals surface area contributed by atoms with E-state index in [4.69, 9.17) is 10.6 Å². The number of sulfonamides is 1. The smallest absolute Gasteiger partial charge is 0.404 e. The molecular weight excluding hydrogens is 434 g/mol. The normalized spacial score (nSPS) is 16.7. The summed E-state index contributed by atoms with van der Waals surface area (Å²) < 4.78 is 27.4. The van der Waals surface area contributed by atoms with Crippen molar-refractivity contribution in [1.29, 1.82) is 0 Å². The maximum Gasteiger partial charge on any atom is 0.404 e. The number of rotatable bonds is 10. The summed E-state index contributed by atoms with van der Waals surface area (Å²) in [6.07, 6.45) is 0.491. The molecule has 10 heteroatoms. The van der Waals surface area contributed by atoms with Crippen molar-refractivity contribution in [2.75, 3.05) is 12.3 Å². The molecule has 0 aliphatic heterocycles. The minimum Gasteiger partial charge on any atom is -0.465 e. The molecule has 1 fully saturated rings. The number of nitrogens with zero attached hydrogens (tertiary/aromatic N) is 1. The van der Waals surface area contributed by atoms with Crippen LogP contribution in [0.25, 0.3) is 0 Å². The van der Waals surface area contributed by atoms with Crippen LogP contribution in [-0.4, -0.2) is 54.0 Å². The van der Waals surface area contributed by atoms with E-state index >= 15 is 0 Å². The Bertz CT molecular complexity index is 996. The van der Waals surface area contributed by atoms with E-state index in [1.54, 1.807) is 30.3 Å². The van der Waals surface area contributed by atoms with E-state index in [0.29, 0.717) is 12.8 Å². The summed E-state index contributed by atoms with van der Waals surface area (Å²) in [6, 6.07) is 13.9. The summed E-state index contributed by atoms with van der Waals surface area (Å²) in [7, 11) is -4.15. The molecule has 2 atom stereocenters. The molecule has 174 valence electrons. The number of carbonyl (C=O) groups is 1. The number of hydroxylamine groups is 1. The van der Waals surface area contributed by atoms with Crippen LogP contribution in [0.2, 0.25) is 0 Å². The van der Waals surface area contributed by atoms with Crippen molar-refractivity contribution < 1.29 is 28.3 Å². The first-order valence-corrected chi connectivity index (χ1v) is 12.0. The number of nitrogens with one attached hydrogen (secondary N) is 1. The van der Waals surface area contributed by atoms with Gasteiger partial charge in [-0.3, -0.25) is 4.84 Å². The van der Waals surface area contributed by atoms with Crippen molar-refractivity contribution >= 4 is 21.8 Å². The van der Waals surface area contributed by atoms with Gasteiger partial charge in [0.2, 0.25) is 0 Å². The lowest BCUT2D eigenvalue weighted by atomic mass is 10.0. The van der Waals surface area contributed by atoms with Gasteiger partial charge in [-0.2, -0.15) is 0 Å². The molecule has 1 amide bonds. The number of aliphatic hydroxyl groups is 1. The number of benzene rings is 2. The van der Waals surface area contributed by atoms with Crippen molar-refractivity contribution in [3.63, 3.8) is 0 Å². The SMILES string of the molecule is Nc1cccc(S(=O)(=O)N(C[C@@H](O)[C@H](Cc2ccccc2)NC(=O)O)OC2CCCC2)c1. The summed E-state index contributed by atoms with van der Waals surface area (Å²) in [4.78, 5) is 17.1. The molecule has 0 heterocycles. The van der Waals surface area contributed by atoms with Gasteiger partial charge in [0, 0.05) is 5.69 Å². The number of nitrogen functional groups attached to an aromatic ring is 1. The summed E-state index contributed by atoms with van der Waals surface area (Å²) in [5.41, 5.74) is 6.84. The van der Waals surface area contributed by atoms with E-state index in [-0.39, 0.29) is 23.1 Å². The highest BCUT2D eigenvalue weighted by atomic mass is 32.2. The quantitative estimate of drug-likeness (QED) is 0.313. The van der Waals surface area contributed by atoms with Crippen molar-refractivity contribution in [2.45, 2.75) is 55.2 Å². The first kappa shape index (κ1) is 24.0. The number of amides is 1. The second-order valence-corrected chi connectivity index (χ2v) is 9.72. The van der Waals surface area contributed by atoms with Crippen molar-refractivity contribution in [2.24, 2.45) is 0 Å². The van der Waals surface area contributed by atoms with Gasteiger partial charge in [0.25, 0.3) is 10.0 Å². The Hall–Kier alpha value is -2.66. The largest absolute Gasteiger partial charge is 0.465 e. The molecule has 5 N–H and O–H groups in total. The predicted octanol–water partition coefficient (Wildman–Crippen LogP) is 2.37. The molecule has 9 nitrogen and oxygen atoms in total. The minimum absolute atomic E-state index is 0.0616. The second-order valence-electron chi connectivity index (χ2n) is 7.89. The van der Waals surface area contributed by atoms with Gasteiger partial charge in [0.1, 0.15) is 0 Å². The number of aliphatic hydroxyl groups excluding tert-OH is 1. The molecule has 1 aliphatic rings. The molecule has 0 aromatic heterocycles. The molecule has 0 saturated heterocycles. The second kappa shape index (κ2) is 10.8.